The highest BCUT2D eigenvalue weighted by Gasteiger charge is 2.30. The topological polar surface area (TPSA) is 0 Å². The van der Waals surface area contributed by atoms with Crippen LogP contribution in [0.2, 0.25) is 5.02 Å². The second-order valence-corrected chi connectivity index (χ2v) is 5.29. The van der Waals surface area contributed by atoms with Crippen molar-refractivity contribution in [1.29, 1.82) is 0 Å². The molecule has 0 aliphatic rings. The van der Waals surface area contributed by atoms with Gasteiger partial charge in [0.2, 0.25) is 0 Å². The first-order chi connectivity index (χ1) is 9.36. The monoisotopic (exact) mass is 298 g/mol. The van der Waals surface area contributed by atoms with Gasteiger partial charge in [-0.25, -0.2) is 0 Å². The summed E-state index contributed by atoms with van der Waals surface area (Å²) in [4.78, 5) is 0. The van der Waals surface area contributed by atoms with Crippen molar-refractivity contribution in [3.8, 4) is 0 Å². The van der Waals surface area contributed by atoms with Gasteiger partial charge in [0.1, 0.15) is 0 Å². The average molecular weight is 299 g/mol. The third kappa shape index (κ3) is 3.76. The molecule has 0 aliphatic carbocycles. The van der Waals surface area contributed by atoms with E-state index in [-0.39, 0.29) is 5.92 Å². The summed E-state index contributed by atoms with van der Waals surface area (Å²) >= 11 is 5.82. The van der Waals surface area contributed by atoms with E-state index in [4.69, 9.17) is 11.6 Å². The summed E-state index contributed by atoms with van der Waals surface area (Å²) in [6.45, 7) is 2.00. The van der Waals surface area contributed by atoms with E-state index in [0.717, 1.165) is 29.7 Å². The van der Waals surface area contributed by atoms with Crippen LogP contribution in [0.5, 0.6) is 0 Å². The molecule has 0 aromatic heterocycles. The molecule has 20 heavy (non-hydrogen) atoms. The molecule has 0 radical (unpaired) electrons. The van der Waals surface area contributed by atoms with Crippen LogP contribution in [0.25, 0.3) is 0 Å². The van der Waals surface area contributed by atoms with Crippen molar-refractivity contribution in [3.63, 3.8) is 0 Å². The van der Waals surface area contributed by atoms with Gasteiger partial charge in [-0.3, -0.25) is 0 Å². The van der Waals surface area contributed by atoms with Crippen molar-refractivity contribution >= 4 is 11.6 Å². The molecule has 2 aromatic carbocycles. The van der Waals surface area contributed by atoms with E-state index in [1.807, 2.05) is 31.2 Å². The summed E-state index contributed by atoms with van der Waals surface area (Å²) in [5.41, 5.74) is 1.40. The van der Waals surface area contributed by atoms with Crippen LogP contribution in [0, 0.1) is 0 Å². The van der Waals surface area contributed by atoms with E-state index in [0.29, 0.717) is 5.02 Å². The highest BCUT2D eigenvalue weighted by molar-refractivity contribution is 6.30. The first kappa shape index (κ1) is 14.9. The molecule has 1 atom stereocenters. The van der Waals surface area contributed by atoms with E-state index in [9.17, 15) is 13.2 Å². The summed E-state index contributed by atoms with van der Waals surface area (Å²) < 4.78 is 37.5. The highest BCUT2D eigenvalue weighted by atomic mass is 35.5. The van der Waals surface area contributed by atoms with Gasteiger partial charge < -0.3 is 0 Å². The number of rotatable bonds is 3. The maximum Gasteiger partial charge on any atom is 0.416 e. The van der Waals surface area contributed by atoms with E-state index in [1.54, 1.807) is 12.1 Å². The number of alkyl halides is 3. The van der Waals surface area contributed by atoms with Crippen molar-refractivity contribution in [2.45, 2.75) is 25.4 Å². The molecular weight excluding hydrogens is 285 g/mol. The van der Waals surface area contributed by atoms with Gasteiger partial charge in [0.15, 0.2) is 0 Å². The van der Waals surface area contributed by atoms with Crippen molar-refractivity contribution < 1.29 is 13.2 Å². The van der Waals surface area contributed by atoms with Gasteiger partial charge >= 0.3 is 6.18 Å². The summed E-state index contributed by atoms with van der Waals surface area (Å²) in [6, 6.07) is 12.9. The number of hydrogen-bond donors (Lipinski definition) is 0. The van der Waals surface area contributed by atoms with Gasteiger partial charge in [0.05, 0.1) is 5.56 Å². The zero-order valence-electron chi connectivity index (χ0n) is 10.9. The van der Waals surface area contributed by atoms with Crippen LogP contribution in [0.1, 0.15) is 29.5 Å². The fraction of sp³-hybridized carbons (Fsp3) is 0.250. The van der Waals surface area contributed by atoms with Gasteiger partial charge in [-0.2, -0.15) is 13.2 Å². The fourth-order valence-electron chi connectivity index (χ4n) is 2.09. The lowest BCUT2D eigenvalue weighted by molar-refractivity contribution is -0.137. The van der Waals surface area contributed by atoms with Crippen molar-refractivity contribution in [2.24, 2.45) is 0 Å². The minimum absolute atomic E-state index is 0.151. The largest absolute Gasteiger partial charge is 0.416 e. The standard InChI is InChI=1S/C16H14ClF3/c1-11(10-12-2-8-15(17)9-3-12)13-4-6-14(7-5-13)16(18,19)20/h2-9,11H,10H2,1H3. The van der Waals surface area contributed by atoms with Crippen LogP contribution in [-0.4, -0.2) is 0 Å². The molecule has 0 N–H and O–H groups in total. The number of benzene rings is 2. The van der Waals surface area contributed by atoms with E-state index in [2.05, 4.69) is 0 Å². The van der Waals surface area contributed by atoms with Gasteiger partial charge in [0, 0.05) is 5.02 Å². The average Bonchev–Trinajstić information content (AvgIpc) is 2.40. The van der Waals surface area contributed by atoms with Crippen LogP contribution in [0.3, 0.4) is 0 Å². The molecule has 1 unspecified atom stereocenters. The zero-order valence-corrected chi connectivity index (χ0v) is 11.7. The predicted octanol–water partition coefficient (Wildman–Crippen LogP) is 5.71. The Morgan fingerprint density at radius 1 is 0.950 bits per heavy atom. The maximum atomic E-state index is 12.5. The third-order valence-corrected chi connectivity index (χ3v) is 3.51. The highest BCUT2D eigenvalue weighted by Crippen LogP contribution is 2.30. The molecule has 0 fully saturated rings. The lowest BCUT2D eigenvalue weighted by Gasteiger charge is -2.13. The van der Waals surface area contributed by atoms with Crippen LogP contribution >= 0.6 is 11.6 Å². The minimum atomic E-state index is -4.28. The Hall–Kier alpha value is -1.48. The molecule has 0 heterocycles. The summed E-state index contributed by atoms with van der Waals surface area (Å²) in [5, 5.41) is 0.677. The maximum absolute atomic E-state index is 12.5. The normalized spacial score (nSPS) is 13.2. The van der Waals surface area contributed by atoms with E-state index in [1.165, 1.54) is 0 Å². The predicted molar refractivity (Wildman–Crippen MR) is 75.0 cm³/mol. The second kappa shape index (κ2) is 5.88. The molecular formula is C16H14ClF3. The Morgan fingerprint density at radius 2 is 1.50 bits per heavy atom. The van der Waals surface area contributed by atoms with Gasteiger partial charge in [-0.1, -0.05) is 42.8 Å². The van der Waals surface area contributed by atoms with Crippen LogP contribution in [0.15, 0.2) is 48.5 Å². The number of halogens is 4. The second-order valence-electron chi connectivity index (χ2n) is 4.85. The zero-order chi connectivity index (χ0) is 14.8. The lowest BCUT2D eigenvalue weighted by Crippen LogP contribution is -2.05. The first-order valence-corrected chi connectivity index (χ1v) is 6.65. The Kier molecular flexibility index (Phi) is 4.39. The van der Waals surface area contributed by atoms with E-state index >= 15 is 0 Å². The van der Waals surface area contributed by atoms with Crippen LogP contribution in [-0.2, 0) is 12.6 Å². The molecule has 0 nitrogen and oxygen atoms in total. The van der Waals surface area contributed by atoms with Gasteiger partial charge in [0.25, 0.3) is 0 Å². The molecule has 4 heteroatoms. The Morgan fingerprint density at radius 3 is 2.00 bits per heavy atom. The van der Waals surface area contributed by atoms with Crippen molar-refractivity contribution in [1.82, 2.24) is 0 Å². The first-order valence-electron chi connectivity index (χ1n) is 6.28. The van der Waals surface area contributed by atoms with Crippen molar-refractivity contribution in [3.05, 3.63) is 70.2 Å². The molecule has 0 saturated heterocycles. The summed E-state index contributed by atoms with van der Waals surface area (Å²) in [7, 11) is 0. The summed E-state index contributed by atoms with van der Waals surface area (Å²) in [6.07, 6.45) is -3.51. The Balaban J connectivity index is 2.09. The minimum Gasteiger partial charge on any atom is -0.166 e. The van der Waals surface area contributed by atoms with Crippen molar-refractivity contribution in [2.75, 3.05) is 0 Å². The quantitative estimate of drug-likeness (QED) is 0.681. The molecule has 0 amide bonds. The molecule has 0 bridgehead atoms. The van der Waals surface area contributed by atoms with Gasteiger partial charge in [-0.15, -0.1) is 0 Å². The third-order valence-electron chi connectivity index (χ3n) is 3.26. The SMILES string of the molecule is CC(Cc1ccc(Cl)cc1)c1ccc(C(F)(F)F)cc1. The smallest absolute Gasteiger partial charge is 0.166 e. The van der Waals surface area contributed by atoms with Gasteiger partial charge in [-0.05, 0) is 47.7 Å². The Bertz CT molecular complexity index is 556. The molecule has 106 valence electrons. The lowest BCUT2D eigenvalue weighted by atomic mass is 9.93. The molecule has 0 spiro atoms. The van der Waals surface area contributed by atoms with E-state index < -0.39 is 11.7 Å². The Labute approximate surface area is 121 Å². The molecule has 2 rings (SSSR count). The number of hydrogen-bond acceptors (Lipinski definition) is 0. The fourth-order valence-corrected chi connectivity index (χ4v) is 2.22. The van der Waals surface area contributed by atoms with Crippen LogP contribution in [0.4, 0.5) is 13.2 Å². The summed E-state index contributed by atoms with van der Waals surface area (Å²) in [5.74, 6) is 0.151. The molecule has 2 aromatic rings. The molecule has 0 aliphatic heterocycles. The van der Waals surface area contributed by atoms with Crippen LogP contribution < -0.4 is 0 Å². The molecule has 0 saturated carbocycles.